The fraction of sp³-hybridized carbons (Fsp3) is 0.667. The third-order valence-corrected chi connectivity index (χ3v) is 2.96. The lowest BCUT2D eigenvalue weighted by atomic mass is 9.97. The molecule has 1 heterocycles. The summed E-state index contributed by atoms with van der Waals surface area (Å²) in [6, 6.07) is 1.79. The van der Waals surface area contributed by atoms with Crippen molar-refractivity contribution < 1.29 is 5.11 Å². The maximum atomic E-state index is 9.98. The smallest absolute Gasteiger partial charge is 0.224 e. The molecule has 0 fully saturated rings. The molecule has 5 nitrogen and oxygen atoms in total. The molecule has 1 aromatic rings. The molecule has 1 atom stereocenters. The van der Waals surface area contributed by atoms with E-state index in [9.17, 15) is 5.11 Å². The summed E-state index contributed by atoms with van der Waals surface area (Å²) in [7, 11) is 1.78. The number of rotatable bonds is 7. The highest BCUT2D eigenvalue weighted by atomic mass is 16.3. The second-order valence-corrected chi connectivity index (χ2v) is 4.04. The average molecular weight is 238 g/mol. The first kappa shape index (κ1) is 13.7. The van der Waals surface area contributed by atoms with Gasteiger partial charge in [0.25, 0.3) is 0 Å². The number of aliphatic hydroxyl groups is 1. The SMILES string of the molecule is CCC(CC)C(O)CNc1ccnc(NC)n1. The van der Waals surface area contributed by atoms with Gasteiger partial charge in [0, 0.05) is 19.8 Å². The molecule has 1 aromatic heterocycles. The largest absolute Gasteiger partial charge is 0.391 e. The summed E-state index contributed by atoms with van der Waals surface area (Å²) >= 11 is 0. The van der Waals surface area contributed by atoms with E-state index in [0.717, 1.165) is 18.7 Å². The van der Waals surface area contributed by atoms with Gasteiger partial charge in [0.05, 0.1) is 6.10 Å². The van der Waals surface area contributed by atoms with Crippen LogP contribution in [-0.2, 0) is 0 Å². The lowest BCUT2D eigenvalue weighted by molar-refractivity contribution is 0.114. The lowest BCUT2D eigenvalue weighted by Crippen LogP contribution is -2.28. The van der Waals surface area contributed by atoms with Gasteiger partial charge in [-0.25, -0.2) is 4.98 Å². The molecule has 1 unspecified atom stereocenters. The Kier molecular flexibility index (Phi) is 5.69. The minimum atomic E-state index is -0.335. The molecule has 0 aliphatic carbocycles. The van der Waals surface area contributed by atoms with Gasteiger partial charge in [0.15, 0.2) is 0 Å². The fourth-order valence-electron chi connectivity index (χ4n) is 1.79. The van der Waals surface area contributed by atoms with Gasteiger partial charge in [-0.15, -0.1) is 0 Å². The molecule has 0 aliphatic heterocycles. The maximum absolute atomic E-state index is 9.98. The van der Waals surface area contributed by atoms with Crippen LogP contribution in [0.25, 0.3) is 0 Å². The van der Waals surface area contributed by atoms with Crippen molar-refractivity contribution in [2.24, 2.45) is 5.92 Å². The highest BCUT2D eigenvalue weighted by molar-refractivity contribution is 5.39. The Morgan fingerprint density at radius 2 is 2.06 bits per heavy atom. The van der Waals surface area contributed by atoms with E-state index in [4.69, 9.17) is 0 Å². The predicted molar refractivity (Wildman–Crippen MR) is 70.1 cm³/mol. The zero-order valence-electron chi connectivity index (χ0n) is 10.8. The van der Waals surface area contributed by atoms with Gasteiger partial charge < -0.3 is 15.7 Å². The van der Waals surface area contributed by atoms with Crippen molar-refractivity contribution in [1.82, 2.24) is 9.97 Å². The molecule has 1 rings (SSSR count). The van der Waals surface area contributed by atoms with Crippen LogP contribution in [0.1, 0.15) is 26.7 Å². The van der Waals surface area contributed by atoms with Crippen LogP contribution in [0.2, 0.25) is 0 Å². The van der Waals surface area contributed by atoms with Gasteiger partial charge in [0.1, 0.15) is 5.82 Å². The molecule has 0 aliphatic rings. The second-order valence-electron chi connectivity index (χ2n) is 4.04. The maximum Gasteiger partial charge on any atom is 0.224 e. The minimum Gasteiger partial charge on any atom is -0.391 e. The molecule has 0 bridgehead atoms. The standard InChI is InChI=1S/C12H22N4O/c1-4-9(5-2)10(17)8-15-11-6-7-14-12(13-3)16-11/h6-7,9-10,17H,4-5,8H2,1-3H3,(H2,13,14,15,16). The summed E-state index contributed by atoms with van der Waals surface area (Å²) in [5.74, 6) is 1.65. The van der Waals surface area contributed by atoms with Crippen molar-refractivity contribution in [2.45, 2.75) is 32.8 Å². The number of hydrogen-bond acceptors (Lipinski definition) is 5. The molecule has 0 saturated carbocycles. The number of hydrogen-bond donors (Lipinski definition) is 3. The monoisotopic (exact) mass is 238 g/mol. The number of aromatic nitrogens is 2. The number of anilines is 2. The van der Waals surface area contributed by atoms with Crippen LogP contribution < -0.4 is 10.6 Å². The summed E-state index contributed by atoms with van der Waals surface area (Å²) in [5, 5.41) is 16.0. The van der Waals surface area contributed by atoms with Crippen LogP contribution in [0.5, 0.6) is 0 Å². The third kappa shape index (κ3) is 4.19. The van der Waals surface area contributed by atoms with Gasteiger partial charge >= 0.3 is 0 Å². The Morgan fingerprint density at radius 3 is 2.65 bits per heavy atom. The third-order valence-electron chi connectivity index (χ3n) is 2.96. The van der Waals surface area contributed by atoms with Crippen LogP contribution in [0.15, 0.2) is 12.3 Å². The topological polar surface area (TPSA) is 70.1 Å². The normalized spacial score (nSPS) is 12.5. The summed E-state index contributed by atoms with van der Waals surface area (Å²) in [6.07, 6.45) is 3.33. The van der Waals surface area contributed by atoms with Crippen molar-refractivity contribution in [1.29, 1.82) is 0 Å². The molecular formula is C12H22N4O. The highest BCUT2D eigenvalue weighted by Crippen LogP contribution is 2.14. The van der Waals surface area contributed by atoms with E-state index < -0.39 is 0 Å². The molecule has 0 amide bonds. The summed E-state index contributed by atoms with van der Waals surface area (Å²) < 4.78 is 0. The summed E-state index contributed by atoms with van der Waals surface area (Å²) in [4.78, 5) is 8.26. The molecule has 96 valence electrons. The van der Waals surface area contributed by atoms with Crippen LogP contribution >= 0.6 is 0 Å². The van der Waals surface area contributed by atoms with E-state index in [1.807, 2.05) is 0 Å². The zero-order valence-corrected chi connectivity index (χ0v) is 10.8. The first-order valence-electron chi connectivity index (χ1n) is 6.14. The van der Waals surface area contributed by atoms with Gasteiger partial charge in [-0.2, -0.15) is 4.98 Å². The van der Waals surface area contributed by atoms with E-state index in [-0.39, 0.29) is 6.10 Å². The molecule has 5 heteroatoms. The van der Waals surface area contributed by atoms with Gasteiger partial charge in [-0.3, -0.25) is 0 Å². The van der Waals surface area contributed by atoms with Gasteiger partial charge in [-0.1, -0.05) is 26.7 Å². The molecule has 17 heavy (non-hydrogen) atoms. The van der Waals surface area contributed by atoms with Crippen molar-refractivity contribution in [2.75, 3.05) is 24.2 Å². The Balaban J connectivity index is 2.49. The van der Waals surface area contributed by atoms with E-state index >= 15 is 0 Å². The second kappa shape index (κ2) is 7.06. The number of nitrogens with zero attached hydrogens (tertiary/aromatic N) is 2. The van der Waals surface area contributed by atoms with Crippen LogP contribution in [-0.4, -0.2) is 34.8 Å². The fourth-order valence-corrected chi connectivity index (χ4v) is 1.79. The zero-order chi connectivity index (χ0) is 12.7. The van der Waals surface area contributed by atoms with Gasteiger partial charge in [0.2, 0.25) is 5.95 Å². The number of aliphatic hydroxyl groups excluding tert-OH is 1. The van der Waals surface area contributed by atoms with Crippen molar-refractivity contribution >= 4 is 11.8 Å². The Labute approximate surface area is 103 Å². The van der Waals surface area contributed by atoms with E-state index in [0.29, 0.717) is 18.4 Å². The summed E-state index contributed by atoms with van der Waals surface area (Å²) in [5.41, 5.74) is 0. The number of nitrogens with one attached hydrogen (secondary N) is 2. The Bertz CT molecular complexity index is 328. The minimum absolute atomic E-state index is 0.335. The Morgan fingerprint density at radius 1 is 1.35 bits per heavy atom. The first-order chi connectivity index (χ1) is 8.21. The summed E-state index contributed by atoms with van der Waals surface area (Å²) in [6.45, 7) is 4.72. The molecular weight excluding hydrogens is 216 g/mol. The van der Waals surface area contributed by atoms with Gasteiger partial charge in [-0.05, 0) is 12.0 Å². The molecule has 0 aromatic carbocycles. The van der Waals surface area contributed by atoms with Crippen molar-refractivity contribution in [3.8, 4) is 0 Å². The predicted octanol–water partition coefficient (Wildman–Crippen LogP) is 1.73. The molecule has 3 N–H and O–H groups in total. The van der Waals surface area contributed by atoms with E-state index in [2.05, 4.69) is 34.4 Å². The first-order valence-corrected chi connectivity index (χ1v) is 6.14. The van der Waals surface area contributed by atoms with E-state index in [1.165, 1.54) is 0 Å². The van der Waals surface area contributed by atoms with Crippen LogP contribution in [0.3, 0.4) is 0 Å². The van der Waals surface area contributed by atoms with Crippen LogP contribution in [0, 0.1) is 5.92 Å². The highest BCUT2D eigenvalue weighted by Gasteiger charge is 2.15. The van der Waals surface area contributed by atoms with Crippen molar-refractivity contribution in [3.63, 3.8) is 0 Å². The van der Waals surface area contributed by atoms with E-state index in [1.54, 1.807) is 19.3 Å². The average Bonchev–Trinajstić information content (AvgIpc) is 2.38. The molecule has 0 saturated heterocycles. The molecule has 0 spiro atoms. The molecule has 0 radical (unpaired) electrons. The quantitative estimate of drug-likeness (QED) is 0.675. The lowest BCUT2D eigenvalue weighted by Gasteiger charge is -2.20. The van der Waals surface area contributed by atoms with Crippen LogP contribution in [0.4, 0.5) is 11.8 Å². The Hall–Kier alpha value is -1.36. The van der Waals surface area contributed by atoms with Crippen molar-refractivity contribution in [3.05, 3.63) is 12.3 Å².